The molecule has 1 heterocycles. The first-order valence-electron chi connectivity index (χ1n) is 5.79. The van der Waals surface area contributed by atoms with Crippen molar-refractivity contribution in [2.45, 2.75) is 13.8 Å². The van der Waals surface area contributed by atoms with E-state index >= 15 is 0 Å². The second kappa shape index (κ2) is 5.98. The maximum atomic E-state index is 11.8. The van der Waals surface area contributed by atoms with Crippen LogP contribution >= 0.6 is 46.4 Å². The summed E-state index contributed by atoms with van der Waals surface area (Å²) >= 11 is 24.0. The van der Waals surface area contributed by atoms with Crippen LogP contribution in [0.25, 0.3) is 5.69 Å². The quantitative estimate of drug-likeness (QED) is 0.531. The maximum absolute atomic E-state index is 11.8. The second-order valence-electron chi connectivity index (χ2n) is 4.40. The lowest BCUT2D eigenvalue weighted by molar-refractivity contribution is 0.102. The van der Waals surface area contributed by atoms with E-state index in [1.165, 1.54) is 0 Å². The summed E-state index contributed by atoms with van der Waals surface area (Å²) in [5.41, 5.74) is 2.78. The number of rotatable bonds is 3. The van der Waals surface area contributed by atoms with E-state index in [0.717, 1.165) is 11.4 Å². The average molecular weight is 351 g/mol. The topological polar surface area (TPSA) is 22.0 Å². The number of aromatic nitrogens is 1. The fourth-order valence-electron chi connectivity index (χ4n) is 2.21. The van der Waals surface area contributed by atoms with E-state index in [-0.39, 0.29) is 11.7 Å². The van der Waals surface area contributed by atoms with Crippen LogP contribution in [0.4, 0.5) is 0 Å². The highest BCUT2D eigenvalue weighted by atomic mass is 35.5. The van der Waals surface area contributed by atoms with Crippen molar-refractivity contribution < 1.29 is 4.79 Å². The number of ketones is 1. The minimum Gasteiger partial charge on any atom is -0.315 e. The zero-order chi connectivity index (χ0) is 15.0. The molecular weight excluding hydrogens is 340 g/mol. The minimum absolute atomic E-state index is 0.0631. The summed E-state index contributed by atoms with van der Waals surface area (Å²) in [6.45, 7) is 3.70. The number of hydrogen-bond donors (Lipinski definition) is 0. The molecule has 0 bridgehead atoms. The van der Waals surface area contributed by atoms with Crippen molar-refractivity contribution in [2.75, 3.05) is 5.88 Å². The molecule has 0 N–H and O–H groups in total. The van der Waals surface area contributed by atoms with Crippen molar-refractivity contribution >= 4 is 52.2 Å². The van der Waals surface area contributed by atoms with Gasteiger partial charge in [0.1, 0.15) is 0 Å². The first-order chi connectivity index (χ1) is 9.36. The molecular formula is C14H11Cl4NO. The van der Waals surface area contributed by atoms with Crippen molar-refractivity contribution in [3.05, 3.63) is 50.2 Å². The molecule has 2 rings (SSSR count). The minimum atomic E-state index is -0.132. The van der Waals surface area contributed by atoms with Crippen molar-refractivity contribution in [3.63, 3.8) is 0 Å². The Morgan fingerprint density at radius 3 is 2.15 bits per heavy atom. The van der Waals surface area contributed by atoms with Gasteiger partial charge in [0.25, 0.3) is 0 Å². The summed E-state index contributed by atoms with van der Waals surface area (Å²) in [6.07, 6.45) is 0. The van der Waals surface area contributed by atoms with E-state index in [4.69, 9.17) is 46.4 Å². The van der Waals surface area contributed by atoms with Gasteiger partial charge in [-0.1, -0.05) is 34.8 Å². The molecule has 0 fully saturated rings. The number of carbonyl (C=O) groups excluding carboxylic acids is 1. The molecule has 1 aromatic heterocycles. The fourth-order valence-corrected chi connectivity index (χ4v) is 3.34. The first kappa shape index (κ1) is 15.7. The summed E-state index contributed by atoms with van der Waals surface area (Å²) < 4.78 is 1.83. The lowest BCUT2D eigenvalue weighted by Crippen LogP contribution is -2.05. The number of carbonyl (C=O) groups is 1. The smallest absolute Gasteiger partial charge is 0.179 e. The largest absolute Gasteiger partial charge is 0.315 e. The molecule has 0 saturated heterocycles. The highest BCUT2D eigenvalue weighted by Gasteiger charge is 2.19. The Hall–Kier alpha value is -0.670. The summed E-state index contributed by atoms with van der Waals surface area (Å²) in [5, 5.41) is 1.31. The molecule has 0 aliphatic heterocycles. The third kappa shape index (κ3) is 2.71. The molecule has 6 heteroatoms. The van der Waals surface area contributed by atoms with E-state index in [2.05, 4.69) is 0 Å². The van der Waals surface area contributed by atoms with Crippen LogP contribution in [0.15, 0.2) is 18.2 Å². The van der Waals surface area contributed by atoms with Crippen molar-refractivity contribution in [1.82, 2.24) is 4.57 Å². The number of aryl methyl sites for hydroxylation is 1. The van der Waals surface area contributed by atoms with Gasteiger partial charge in [0.2, 0.25) is 0 Å². The molecule has 106 valence electrons. The molecule has 0 aliphatic rings. The van der Waals surface area contributed by atoms with Crippen LogP contribution in [0.1, 0.15) is 21.7 Å². The predicted octanol–water partition coefficient (Wildman–Crippen LogP) is 5.48. The summed E-state index contributed by atoms with van der Waals surface area (Å²) in [6, 6.07) is 5.01. The van der Waals surface area contributed by atoms with Gasteiger partial charge in [0, 0.05) is 22.0 Å². The summed E-state index contributed by atoms with van der Waals surface area (Å²) in [7, 11) is 0. The molecule has 20 heavy (non-hydrogen) atoms. The highest BCUT2D eigenvalue weighted by molar-refractivity contribution is 6.40. The molecule has 0 saturated carbocycles. The number of benzene rings is 1. The molecule has 1 aromatic carbocycles. The first-order valence-corrected chi connectivity index (χ1v) is 7.46. The normalized spacial score (nSPS) is 10.9. The maximum Gasteiger partial charge on any atom is 0.179 e. The van der Waals surface area contributed by atoms with Gasteiger partial charge >= 0.3 is 0 Å². The van der Waals surface area contributed by atoms with Gasteiger partial charge in [0.05, 0.1) is 21.6 Å². The standard InChI is InChI=1S/C14H11Cl4NO/c1-7-3-10(13(20)6-15)8(2)19(7)14-11(17)4-9(16)5-12(14)18/h3-5H,6H2,1-2H3. The number of halogens is 4. The Labute approximate surface area is 137 Å². The van der Waals surface area contributed by atoms with E-state index in [1.807, 2.05) is 18.4 Å². The molecule has 0 radical (unpaired) electrons. The van der Waals surface area contributed by atoms with Gasteiger partial charge in [-0.25, -0.2) is 0 Å². The van der Waals surface area contributed by atoms with Gasteiger partial charge < -0.3 is 4.57 Å². The van der Waals surface area contributed by atoms with E-state index < -0.39 is 0 Å². The summed E-state index contributed by atoms with van der Waals surface area (Å²) in [4.78, 5) is 11.8. The highest BCUT2D eigenvalue weighted by Crippen LogP contribution is 2.35. The number of Topliss-reactive ketones (excluding diaryl/α,β-unsaturated/α-hetero) is 1. The fraction of sp³-hybridized carbons (Fsp3) is 0.214. The van der Waals surface area contributed by atoms with Crippen LogP contribution in [-0.2, 0) is 0 Å². The SMILES string of the molecule is Cc1cc(C(=O)CCl)c(C)n1-c1c(Cl)cc(Cl)cc1Cl. The van der Waals surface area contributed by atoms with Crippen molar-refractivity contribution in [2.24, 2.45) is 0 Å². The lowest BCUT2D eigenvalue weighted by Gasteiger charge is -2.14. The van der Waals surface area contributed by atoms with Gasteiger partial charge in [-0.05, 0) is 32.0 Å². The number of nitrogens with zero attached hydrogens (tertiary/aromatic N) is 1. The van der Waals surface area contributed by atoms with Crippen LogP contribution in [-0.4, -0.2) is 16.2 Å². The molecule has 0 amide bonds. The molecule has 0 unspecified atom stereocenters. The number of alkyl halides is 1. The molecule has 0 aliphatic carbocycles. The van der Waals surface area contributed by atoms with E-state index in [1.54, 1.807) is 18.2 Å². The molecule has 0 spiro atoms. The molecule has 2 aromatic rings. The van der Waals surface area contributed by atoms with E-state index in [0.29, 0.717) is 26.3 Å². The Morgan fingerprint density at radius 1 is 1.10 bits per heavy atom. The van der Waals surface area contributed by atoms with Gasteiger partial charge in [-0.15, -0.1) is 11.6 Å². The molecule has 2 nitrogen and oxygen atoms in total. The zero-order valence-corrected chi connectivity index (χ0v) is 13.8. The van der Waals surface area contributed by atoms with Gasteiger partial charge in [-0.3, -0.25) is 4.79 Å². The van der Waals surface area contributed by atoms with Gasteiger partial charge in [-0.2, -0.15) is 0 Å². The Morgan fingerprint density at radius 2 is 1.65 bits per heavy atom. The third-order valence-electron chi connectivity index (χ3n) is 3.06. The van der Waals surface area contributed by atoms with E-state index in [9.17, 15) is 4.79 Å². The zero-order valence-electron chi connectivity index (χ0n) is 10.8. The lowest BCUT2D eigenvalue weighted by atomic mass is 10.2. The summed E-state index contributed by atoms with van der Waals surface area (Å²) in [5.74, 6) is -0.195. The Bertz CT molecular complexity index is 668. The van der Waals surface area contributed by atoms with Gasteiger partial charge in [0.15, 0.2) is 5.78 Å². The predicted molar refractivity (Wildman–Crippen MR) is 85.3 cm³/mol. The van der Waals surface area contributed by atoms with Crippen LogP contribution in [0, 0.1) is 13.8 Å². The molecule has 0 atom stereocenters. The second-order valence-corrected chi connectivity index (χ2v) is 5.91. The van der Waals surface area contributed by atoms with Crippen LogP contribution < -0.4 is 0 Å². The Kier molecular flexibility index (Phi) is 4.70. The average Bonchev–Trinajstić information content (AvgIpc) is 2.65. The van der Waals surface area contributed by atoms with Crippen LogP contribution in [0.3, 0.4) is 0 Å². The van der Waals surface area contributed by atoms with Crippen molar-refractivity contribution in [3.8, 4) is 5.69 Å². The third-order valence-corrected chi connectivity index (χ3v) is 4.10. The van der Waals surface area contributed by atoms with Crippen LogP contribution in [0.5, 0.6) is 0 Å². The van der Waals surface area contributed by atoms with Crippen LogP contribution in [0.2, 0.25) is 15.1 Å². The number of hydrogen-bond acceptors (Lipinski definition) is 1. The Balaban J connectivity index is 2.71. The van der Waals surface area contributed by atoms with Crippen molar-refractivity contribution in [1.29, 1.82) is 0 Å². The monoisotopic (exact) mass is 349 g/mol.